The Morgan fingerprint density at radius 3 is 2.52 bits per heavy atom. The van der Waals surface area contributed by atoms with Gasteiger partial charge in [-0.05, 0) is 6.07 Å². The molecule has 1 aromatic rings. The molecule has 0 unspecified atom stereocenters. The zero-order valence-electron chi connectivity index (χ0n) is 11.5. The van der Waals surface area contributed by atoms with Gasteiger partial charge in [0.2, 0.25) is 10.0 Å². The van der Waals surface area contributed by atoms with Crippen LogP contribution in [-0.4, -0.2) is 51.5 Å². The van der Waals surface area contributed by atoms with Gasteiger partial charge in [0.1, 0.15) is 0 Å². The minimum Gasteiger partial charge on any atom is -0.383 e. The second-order valence-corrected chi connectivity index (χ2v) is 5.80. The van der Waals surface area contributed by atoms with Crippen molar-refractivity contribution in [2.75, 3.05) is 27.3 Å². The summed E-state index contributed by atoms with van der Waals surface area (Å²) in [7, 11) is -1.23. The molecule has 0 aliphatic rings. The minimum absolute atomic E-state index is 0.133. The summed E-state index contributed by atoms with van der Waals surface area (Å²) in [5.74, 6) is -0.569. The maximum absolute atomic E-state index is 12.1. The second kappa shape index (κ2) is 6.61. The molecule has 1 aromatic carbocycles. The molecule has 0 aromatic heterocycles. The molecule has 0 bridgehead atoms. The summed E-state index contributed by atoms with van der Waals surface area (Å²) >= 11 is 0. The van der Waals surface area contributed by atoms with E-state index in [0.29, 0.717) is 0 Å². The van der Waals surface area contributed by atoms with Gasteiger partial charge in [0.05, 0.1) is 16.4 Å². The number of nitrogens with zero attached hydrogens (tertiary/aromatic N) is 2. The van der Waals surface area contributed by atoms with Crippen LogP contribution in [0.15, 0.2) is 23.1 Å². The average Bonchev–Trinajstić information content (AvgIpc) is 2.42. The summed E-state index contributed by atoms with van der Waals surface area (Å²) in [6.45, 7) is 0.530. The molecule has 0 radical (unpaired) electrons. The summed E-state index contributed by atoms with van der Waals surface area (Å²) in [6, 6.07) is 2.82. The van der Waals surface area contributed by atoms with E-state index < -0.39 is 31.4 Å². The number of primary sulfonamides is 1. The maximum Gasteiger partial charge on any atom is 0.271 e. The number of nitro benzene ring substituents is 1. The van der Waals surface area contributed by atoms with Crippen LogP contribution in [0.4, 0.5) is 5.69 Å². The lowest BCUT2D eigenvalue weighted by Gasteiger charge is -2.16. The highest BCUT2D eigenvalue weighted by Gasteiger charge is 2.21. The molecule has 21 heavy (non-hydrogen) atoms. The van der Waals surface area contributed by atoms with Crippen LogP contribution in [0.3, 0.4) is 0 Å². The summed E-state index contributed by atoms with van der Waals surface area (Å²) in [5.41, 5.74) is -0.656. The molecule has 0 spiro atoms. The van der Waals surface area contributed by atoms with Crippen molar-refractivity contribution < 1.29 is 22.9 Å². The number of benzene rings is 1. The molecular weight excluding hydrogens is 302 g/mol. The number of carbonyl (C=O) groups is 1. The van der Waals surface area contributed by atoms with Crippen molar-refractivity contribution >= 4 is 21.6 Å². The Hall–Kier alpha value is -2.04. The number of amides is 1. The maximum atomic E-state index is 12.1. The third-order valence-electron chi connectivity index (χ3n) is 2.66. The third kappa shape index (κ3) is 4.48. The van der Waals surface area contributed by atoms with Crippen LogP contribution in [0.1, 0.15) is 10.4 Å². The molecule has 0 heterocycles. The quantitative estimate of drug-likeness (QED) is 0.578. The highest BCUT2D eigenvalue weighted by atomic mass is 32.2. The van der Waals surface area contributed by atoms with Gasteiger partial charge in [0.15, 0.2) is 0 Å². The average molecular weight is 317 g/mol. The van der Waals surface area contributed by atoms with Crippen LogP contribution in [0.25, 0.3) is 0 Å². The van der Waals surface area contributed by atoms with Crippen LogP contribution in [0, 0.1) is 10.1 Å². The van der Waals surface area contributed by atoms with Crippen molar-refractivity contribution in [2.24, 2.45) is 5.14 Å². The molecule has 0 aliphatic carbocycles. The van der Waals surface area contributed by atoms with Crippen LogP contribution in [0.2, 0.25) is 0 Å². The minimum atomic E-state index is -4.16. The number of hydrogen-bond acceptors (Lipinski definition) is 6. The van der Waals surface area contributed by atoms with E-state index in [0.717, 1.165) is 18.2 Å². The van der Waals surface area contributed by atoms with Crippen molar-refractivity contribution in [1.29, 1.82) is 0 Å². The van der Waals surface area contributed by atoms with E-state index >= 15 is 0 Å². The first-order valence-electron chi connectivity index (χ1n) is 5.73. The predicted molar refractivity (Wildman–Crippen MR) is 73.3 cm³/mol. The van der Waals surface area contributed by atoms with Gasteiger partial charge >= 0.3 is 0 Å². The van der Waals surface area contributed by atoms with Gasteiger partial charge in [-0.3, -0.25) is 14.9 Å². The zero-order chi connectivity index (χ0) is 16.2. The lowest BCUT2D eigenvalue weighted by Crippen LogP contribution is -2.30. The number of likely N-dealkylation sites (N-methyl/N-ethyl adjacent to an activating group) is 1. The molecule has 0 saturated heterocycles. The third-order valence-corrected chi connectivity index (χ3v) is 3.55. The number of non-ortho nitro benzene ring substituents is 1. The molecule has 0 atom stereocenters. The number of methoxy groups -OCH3 is 1. The van der Waals surface area contributed by atoms with E-state index in [1.165, 1.54) is 19.1 Å². The van der Waals surface area contributed by atoms with Gasteiger partial charge in [-0.1, -0.05) is 0 Å². The van der Waals surface area contributed by atoms with E-state index in [2.05, 4.69) is 0 Å². The van der Waals surface area contributed by atoms with Gasteiger partial charge in [0, 0.05) is 38.4 Å². The molecular formula is C11H15N3O6S. The van der Waals surface area contributed by atoms with Gasteiger partial charge < -0.3 is 9.64 Å². The Labute approximate surface area is 121 Å². The molecule has 0 saturated carbocycles. The lowest BCUT2D eigenvalue weighted by atomic mass is 10.2. The number of ether oxygens (including phenoxy) is 1. The summed E-state index contributed by atoms with van der Waals surface area (Å²) in [5, 5.41) is 15.8. The Balaban J connectivity index is 3.26. The van der Waals surface area contributed by atoms with Gasteiger partial charge in [-0.15, -0.1) is 0 Å². The van der Waals surface area contributed by atoms with E-state index in [1.54, 1.807) is 0 Å². The van der Waals surface area contributed by atoms with E-state index in [1.807, 2.05) is 0 Å². The van der Waals surface area contributed by atoms with E-state index in [-0.39, 0.29) is 18.7 Å². The van der Waals surface area contributed by atoms with Crippen molar-refractivity contribution in [3.8, 4) is 0 Å². The molecule has 2 N–H and O–H groups in total. The highest BCUT2D eigenvalue weighted by Crippen LogP contribution is 2.21. The molecule has 1 amide bonds. The fourth-order valence-electron chi connectivity index (χ4n) is 1.53. The first-order valence-corrected chi connectivity index (χ1v) is 7.28. The molecule has 0 fully saturated rings. The van der Waals surface area contributed by atoms with Crippen molar-refractivity contribution in [3.63, 3.8) is 0 Å². The first-order chi connectivity index (χ1) is 9.66. The molecule has 10 heteroatoms. The topological polar surface area (TPSA) is 133 Å². The van der Waals surface area contributed by atoms with Gasteiger partial charge in [-0.2, -0.15) is 0 Å². The molecule has 0 aliphatic heterocycles. The predicted octanol–water partition coefficient (Wildman–Crippen LogP) is -0.0394. The fraction of sp³-hybridized carbons (Fsp3) is 0.364. The van der Waals surface area contributed by atoms with Crippen molar-refractivity contribution in [3.05, 3.63) is 33.9 Å². The van der Waals surface area contributed by atoms with Crippen LogP contribution >= 0.6 is 0 Å². The number of sulfonamides is 1. The lowest BCUT2D eigenvalue weighted by molar-refractivity contribution is -0.385. The number of hydrogen-bond donors (Lipinski definition) is 1. The van der Waals surface area contributed by atoms with Crippen molar-refractivity contribution in [2.45, 2.75) is 4.90 Å². The summed E-state index contributed by atoms with van der Waals surface area (Å²) in [6.07, 6.45) is 0. The molecule has 9 nitrogen and oxygen atoms in total. The summed E-state index contributed by atoms with van der Waals surface area (Å²) in [4.78, 5) is 22.9. The smallest absolute Gasteiger partial charge is 0.271 e. The molecule has 1 rings (SSSR count). The Morgan fingerprint density at radius 2 is 2.05 bits per heavy atom. The van der Waals surface area contributed by atoms with Crippen molar-refractivity contribution in [1.82, 2.24) is 4.90 Å². The standard InChI is InChI=1S/C11H15N3O6S/c1-13(3-4-20-2)11(15)8-5-9(14(16)17)7-10(6-8)21(12,18)19/h5-7H,3-4H2,1-2H3,(H2,12,18,19). The highest BCUT2D eigenvalue weighted by molar-refractivity contribution is 7.89. The van der Waals surface area contributed by atoms with E-state index in [9.17, 15) is 23.3 Å². The fourth-order valence-corrected chi connectivity index (χ4v) is 2.10. The number of carbonyl (C=O) groups excluding carboxylic acids is 1. The Bertz CT molecular complexity index is 658. The largest absolute Gasteiger partial charge is 0.383 e. The normalized spacial score (nSPS) is 11.2. The summed E-state index contributed by atoms with van der Waals surface area (Å²) < 4.78 is 27.5. The zero-order valence-corrected chi connectivity index (χ0v) is 12.3. The van der Waals surface area contributed by atoms with E-state index in [4.69, 9.17) is 9.88 Å². The monoisotopic (exact) mass is 317 g/mol. The SMILES string of the molecule is COCCN(C)C(=O)c1cc([N+](=O)[O-])cc(S(N)(=O)=O)c1. The first kappa shape index (κ1) is 17.0. The van der Waals surface area contributed by atoms with Crippen LogP contribution in [0.5, 0.6) is 0 Å². The van der Waals surface area contributed by atoms with Gasteiger partial charge in [-0.25, -0.2) is 13.6 Å². The van der Waals surface area contributed by atoms with Gasteiger partial charge in [0.25, 0.3) is 11.6 Å². The number of nitrogens with two attached hydrogens (primary N) is 1. The molecule has 116 valence electrons. The van der Waals surface area contributed by atoms with Crippen LogP contribution < -0.4 is 5.14 Å². The number of rotatable bonds is 6. The second-order valence-electron chi connectivity index (χ2n) is 4.24. The van der Waals surface area contributed by atoms with Crippen LogP contribution in [-0.2, 0) is 14.8 Å². The number of nitro groups is 1. The Kier molecular flexibility index (Phi) is 5.35. The Morgan fingerprint density at radius 1 is 1.43 bits per heavy atom.